The summed E-state index contributed by atoms with van der Waals surface area (Å²) in [6, 6.07) is 7.34. The van der Waals surface area contributed by atoms with Crippen LogP contribution in [0.3, 0.4) is 0 Å². The molecule has 16 heavy (non-hydrogen) atoms. The summed E-state index contributed by atoms with van der Waals surface area (Å²) in [5.41, 5.74) is 0.0774. The molecule has 0 aromatic heterocycles. The highest BCUT2D eigenvalue weighted by molar-refractivity contribution is 14.1. The number of aliphatic hydroxyl groups is 1. The van der Waals surface area contributed by atoms with Gasteiger partial charge in [0.25, 0.3) is 5.91 Å². The van der Waals surface area contributed by atoms with Gasteiger partial charge in [-0.1, -0.05) is 6.92 Å². The highest BCUT2D eigenvalue weighted by atomic mass is 127. The van der Waals surface area contributed by atoms with Crippen LogP contribution in [0.1, 0.15) is 30.6 Å². The van der Waals surface area contributed by atoms with Gasteiger partial charge in [-0.25, -0.2) is 0 Å². The van der Waals surface area contributed by atoms with Gasteiger partial charge in [0.15, 0.2) is 0 Å². The van der Waals surface area contributed by atoms with Crippen molar-refractivity contribution < 1.29 is 9.90 Å². The van der Waals surface area contributed by atoms with Gasteiger partial charge in [0, 0.05) is 9.13 Å². The maximum atomic E-state index is 11.9. The molecule has 88 valence electrons. The lowest BCUT2D eigenvalue weighted by molar-refractivity contribution is 0.0847. The van der Waals surface area contributed by atoms with E-state index < -0.39 is 5.54 Å². The van der Waals surface area contributed by atoms with E-state index >= 15 is 0 Å². The predicted octanol–water partition coefficient (Wildman–Crippen LogP) is 2.18. The molecule has 1 rings (SSSR count). The number of benzene rings is 1. The number of carbonyl (C=O) groups excluding carboxylic acids is 1. The Hall–Kier alpha value is -0.620. The Morgan fingerprint density at radius 1 is 1.44 bits per heavy atom. The van der Waals surface area contributed by atoms with Crippen molar-refractivity contribution in [2.45, 2.75) is 25.8 Å². The van der Waals surface area contributed by atoms with E-state index in [1.54, 1.807) is 12.1 Å². The standard InChI is InChI=1S/C12H16INO2/c1-3-12(2,8-15)14-11(16)9-4-6-10(13)7-5-9/h4-7,15H,3,8H2,1-2H3,(H,14,16). The molecule has 0 spiro atoms. The van der Waals surface area contributed by atoms with Crippen molar-refractivity contribution in [2.75, 3.05) is 6.61 Å². The van der Waals surface area contributed by atoms with Crippen LogP contribution in [0.4, 0.5) is 0 Å². The Morgan fingerprint density at radius 3 is 2.44 bits per heavy atom. The van der Waals surface area contributed by atoms with Crippen LogP contribution < -0.4 is 5.32 Å². The van der Waals surface area contributed by atoms with E-state index in [-0.39, 0.29) is 12.5 Å². The Labute approximate surface area is 109 Å². The smallest absolute Gasteiger partial charge is 0.251 e. The second-order valence-corrected chi connectivity index (χ2v) is 5.28. The van der Waals surface area contributed by atoms with Gasteiger partial charge in [0.1, 0.15) is 0 Å². The molecular weight excluding hydrogens is 317 g/mol. The van der Waals surface area contributed by atoms with Crippen LogP contribution in [0.5, 0.6) is 0 Å². The quantitative estimate of drug-likeness (QED) is 0.830. The molecule has 3 nitrogen and oxygen atoms in total. The molecule has 0 fully saturated rings. The highest BCUT2D eigenvalue weighted by Gasteiger charge is 2.23. The fourth-order valence-corrected chi connectivity index (χ4v) is 1.55. The number of carbonyl (C=O) groups is 1. The molecule has 1 aromatic carbocycles. The molecule has 0 aliphatic carbocycles. The minimum atomic E-state index is -0.542. The van der Waals surface area contributed by atoms with Crippen LogP contribution in [0.2, 0.25) is 0 Å². The summed E-state index contributed by atoms with van der Waals surface area (Å²) >= 11 is 2.19. The summed E-state index contributed by atoms with van der Waals surface area (Å²) in [6.45, 7) is 3.71. The van der Waals surface area contributed by atoms with E-state index in [2.05, 4.69) is 27.9 Å². The first-order chi connectivity index (χ1) is 7.50. The highest BCUT2D eigenvalue weighted by Crippen LogP contribution is 2.11. The van der Waals surface area contributed by atoms with Gasteiger partial charge in [-0.05, 0) is 60.2 Å². The van der Waals surface area contributed by atoms with Gasteiger partial charge in [0.2, 0.25) is 0 Å². The second-order valence-electron chi connectivity index (χ2n) is 4.03. The summed E-state index contributed by atoms with van der Waals surface area (Å²) in [6.07, 6.45) is 0.694. The largest absolute Gasteiger partial charge is 0.394 e. The van der Waals surface area contributed by atoms with Crippen molar-refractivity contribution in [3.8, 4) is 0 Å². The molecular formula is C12H16INO2. The molecule has 0 bridgehead atoms. The second kappa shape index (κ2) is 5.63. The minimum Gasteiger partial charge on any atom is -0.394 e. The van der Waals surface area contributed by atoms with Crippen LogP contribution in [-0.2, 0) is 0 Å². The lowest BCUT2D eigenvalue weighted by atomic mass is 9.99. The van der Waals surface area contributed by atoms with Gasteiger partial charge in [-0.15, -0.1) is 0 Å². The lowest BCUT2D eigenvalue weighted by Crippen LogP contribution is -2.48. The van der Waals surface area contributed by atoms with Crippen molar-refractivity contribution >= 4 is 28.5 Å². The average molecular weight is 333 g/mol. The van der Waals surface area contributed by atoms with Gasteiger partial charge < -0.3 is 10.4 Å². The molecule has 4 heteroatoms. The summed E-state index contributed by atoms with van der Waals surface area (Å²) in [4.78, 5) is 11.9. The monoisotopic (exact) mass is 333 g/mol. The predicted molar refractivity (Wildman–Crippen MR) is 72.4 cm³/mol. The molecule has 0 aliphatic rings. The molecule has 0 saturated carbocycles. The number of nitrogens with one attached hydrogen (secondary N) is 1. The summed E-state index contributed by atoms with van der Waals surface area (Å²) in [7, 11) is 0. The molecule has 0 aliphatic heterocycles. The van der Waals surface area contributed by atoms with Gasteiger partial charge in [-0.3, -0.25) is 4.79 Å². The van der Waals surface area contributed by atoms with Crippen LogP contribution >= 0.6 is 22.6 Å². The molecule has 0 saturated heterocycles. The minimum absolute atomic E-state index is 0.0559. The third-order valence-corrected chi connectivity index (χ3v) is 3.37. The zero-order chi connectivity index (χ0) is 12.2. The summed E-state index contributed by atoms with van der Waals surface area (Å²) in [5, 5.41) is 12.0. The Balaban J connectivity index is 2.76. The number of amides is 1. The molecule has 0 radical (unpaired) electrons. The molecule has 0 heterocycles. The number of rotatable bonds is 4. The fourth-order valence-electron chi connectivity index (χ4n) is 1.19. The third kappa shape index (κ3) is 3.45. The van der Waals surface area contributed by atoms with E-state index in [4.69, 9.17) is 0 Å². The normalized spacial score (nSPS) is 14.2. The first-order valence-corrected chi connectivity index (χ1v) is 6.27. The molecule has 1 amide bonds. The first-order valence-electron chi connectivity index (χ1n) is 5.19. The maximum absolute atomic E-state index is 11.9. The number of hydrogen-bond acceptors (Lipinski definition) is 2. The van der Waals surface area contributed by atoms with Gasteiger partial charge in [-0.2, -0.15) is 0 Å². The number of hydrogen-bond donors (Lipinski definition) is 2. The zero-order valence-corrected chi connectivity index (χ0v) is 11.6. The van der Waals surface area contributed by atoms with Gasteiger partial charge in [0.05, 0.1) is 12.1 Å². The number of aliphatic hydroxyl groups excluding tert-OH is 1. The van der Waals surface area contributed by atoms with Crippen molar-refractivity contribution in [1.82, 2.24) is 5.32 Å². The summed E-state index contributed by atoms with van der Waals surface area (Å²) < 4.78 is 1.09. The van der Waals surface area contributed by atoms with Crippen LogP contribution in [0.25, 0.3) is 0 Å². The zero-order valence-electron chi connectivity index (χ0n) is 9.46. The Bertz CT molecular complexity index is 358. The van der Waals surface area contributed by atoms with Crippen LogP contribution in [-0.4, -0.2) is 23.2 Å². The average Bonchev–Trinajstić information content (AvgIpc) is 2.29. The van der Waals surface area contributed by atoms with E-state index in [0.717, 1.165) is 3.57 Å². The SMILES string of the molecule is CCC(C)(CO)NC(=O)c1ccc(I)cc1. The fraction of sp³-hybridized carbons (Fsp3) is 0.417. The first kappa shape index (κ1) is 13.4. The van der Waals surface area contributed by atoms with Crippen molar-refractivity contribution in [2.24, 2.45) is 0 Å². The maximum Gasteiger partial charge on any atom is 0.251 e. The van der Waals surface area contributed by atoms with Crippen LogP contribution in [0, 0.1) is 3.57 Å². The topological polar surface area (TPSA) is 49.3 Å². The van der Waals surface area contributed by atoms with E-state index in [1.807, 2.05) is 26.0 Å². The molecule has 1 aromatic rings. The van der Waals surface area contributed by atoms with E-state index in [1.165, 1.54) is 0 Å². The van der Waals surface area contributed by atoms with Crippen molar-refractivity contribution in [3.63, 3.8) is 0 Å². The van der Waals surface area contributed by atoms with Gasteiger partial charge >= 0.3 is 0 Å². The van der Waals surface area contributed by atoms with Crippen molar-refractivity contribution in [3.05, 3.63) is 33.4 Å². The van der Waals surface area contributed by atoms with Crippen LogP contribution in [0.15, 0.2) is 24.3 Å². The number of halogens is 1. The van der Waals surface area contributed by atoms with E-state index in [0.29, 0.717) is 12.0 Å². The van der Waals surface area contributed by atoms with Crippen molar-refractivity contribution in [1.29, 1.82) is 0 Å². The Morgan fingerprint density at radius 2 is 2.00 bits per heavy atom. The molecule has 1 atom stereocenters. The Kier molecular flexibility index (Phi) is 4.73. The lowest BCUT2D eigenvalue weighted by Gasteiger charge is -2.27. The summed E-state index contributed by atoms with van der Waals surface area (Å²) in [5.74, 6) is -0.144. The third-order valence-electron chi connectivity index (χ3n) is 2.65. The molecule has 2 N–H and O–H groups in total. The molecule has 1 unspecified atom stereocenters. The van der Waals surface area contributed by atoms with E-state index in [9.17, 15) is 9.90 Å².